The molecule has 0 radical (unpaired) electrons. The first-order chi connectivity index (χ1) is 11.6. The lowest BCUT2D eigenvalue weighted by molar-refractivity contribution is 0.432. The van der Waals surface area contributed by atoms with Crippen molar-refractivity contribution in [3.05, 3.63) is 60.3 Å². The molecule has 0 bridgehead atoms. The summed E-state index contributed by atoms with van der Waals surface area (Å²) in [5.74, 6) is -0.336. The summed E-state index contributed by atoms with van der Waals surface area (Å²) in [4.78, 5) is 16.3. The molecule has 118 valence electrons. The second kappa shape index (κ2) is 5.42. The number of aromatic amines is 1. The zero-order valence-electron chi connectivity index (χ0n) is 12.8. The third kappa shape index (κ3) is 2.48. The Morgan fingerprint density at radius 2 is 1.88 bits per heavy atom. The van der Waals surface area contributed by atoms with E-state index in [0.717, 1.165) is 17.0 Å². The zero-order valence-corrected chi connectivity index (χ0v) is 12.8. The maximum atomic E-state index is 13.5. The molecular weight excluding hydrogens is 307 g/mol. The van der Waals surface area contributed by atoms with Crippen LogP contribution in [0.15, 0.2) is 48.8 Å². The van der Waals surface area contributed by atoms with E-state index >= 15 is 0 Å². The van der Waals surface area contributed by atoms with Gasteiger partial charge in [0.05, 0.1) is 17.6 Å². The third-order valence-electron chi connectivity index (χ3n) is 3.78. The van der Waals surface area contributed by atoms with E-state index in [1.54, 1.807) is 18.5 Å². The van der Waals surface area contributed by atoms with E-state index in [-0.39, 0.29) is 5.75 Å². The Labute approximate surface area is 137 Å². The fourth-order valence-electron chi connectivity index (χ4n) is 2.57. The number of H-pyrrole nitrogens is 1. The first-order valence-electron chi connectivity index (χ1n) is 7.38. The van der Waals surface area contributed by atoms with E-state index in [0.29, 0.717) is 22.8 Å². The van der Waals surface area contributed by atoms with Gasteiger partial charge in [0.25, 0.3) is 0 Å². The number of benzene rings is 1. The molecule has 4 rings (SSSR count). The Morgan fingerprint density at radius 3 is 2.67 bits per heavy atom. The highest BCUT2D eigenvalue weighted by molar-refractivity contribution is 5.72. The van der Waals surface area contributed by atoms with Gasteiger partial charge in [-0.15, -0.1) is 0 Å². The highest BCUT2D eigenvalue weighted by Gasteiger charge is 2.14. The minimum Gasteiger partial charge on any atom is -0.505 e. The molecule has 0 saturated heterocycles. The molecule has 2 N–H and O–H groups in total. The first kappa shape index (κ1) is 14.3. The Balaban J connectivity index is 1.79. The number of nitrogens with zero attached hydrogens (tertiary/aromatic N) is 3. The van der Waals surface area contributed by atoms with E-state index < -0.39 is 5.82 Å². The number of aromatic hydroxyl groups is 1. The predicted octanol–water partition coefficient (Wildman–Crippen LogP) is 3.79. The van der Waals surface area contributed by atoms with E-state index in [1.807, 2.05) is 25.1 Å². The molecule has 2 aliphatic rings. The molecule has 6 heteroatoms. The highest BCUT2D eigenvalue weighted by atomic mass is 19.1. The average molecular weight is 320 g/mol. The first-order valence-corrected chi connectivity index (χ1v) is 7.38. The van der Waals surface area contributed by atoms with Crippen molar-refractivity contribution in [1.29, 1.82) is 0 Å². The van der Waals surface area contributed by atoms with Gasteiger partial charge in [0.2, 0.25) is 0 Å². The Morgan fingerprint density at radius 1 is 1.00 bits per heavy atom. The van der Waals surface area contributed by atoms with Crippen molar-refractivity contribution >= 4 is 0 Å². The molecule has 5 nitrogen and oxygen atoms in total. The van der Waals surface area contributed by atoms with Crippen LogP contribution >= 0.6 is 0 Å². The topological polar surface area (TPSA) is 74.7 Å². The molecule has 0 unspecified atom stereocenters. The molecule has 2 aliphatic heterocycles. The van der Waals surface area contributed by atoms with Crippen molar-refractivity contribution in [2.24, 2.45) is 0 Å². The van der Waals surface area contributed by atoms with Crippen LogP contribution in [0.25, 0.3) is 34.0 Å². The number of rotatable bonds is 2. The summed E-state index contributed by atoms with van der Waals surface area (Å²) >= 11 is 0. The summed E-state index contributed by atoms with van der Waals surface area (Å²) in [5.41, 5.74) is 4.54. The summed E-state index contributed by atoms with van der Waals surface area (Å²) in [6.07, 6.45) is 3.41. The van der Waals surface area contributed by atoms with Crippen molar-refractivity contribution < 1.29 is 9.50 Å². The lowest BCUT2D eigenvalue weighted by Crippen LogP contribution is -1.93. The van der Waals surface area contributed by atoms with Gasteiger partial charge in [-0.1, -0.05) is 0 Å². The highest BCUT2D eigenvalue weighted by Crippen LogP contribution is 2.30. The maximum absolute atomic E-state index is 13.5. The van der Waals surface area contributed by atoms with Crippen LogP contribution in [0.3, 0.4) is 0 Å². The van der Waals surface area contributed by atoms with Gasteiger partial charge in [0, 0.05) is 23.0 Å². The molecule has 1 aromatic heterocycles. The van der Waals surface area contributed by atoms with Crippen LogP contribution in [0.5, 0.6) is 5.75 Å². The van der Waals surface area contributed by atoms with Gasteiger partial charge in [-0.05, 0) is 43.3 Å². The van der Waals surface area contributed by atoms with Crippen molar-refractivity contribution in [3.8, 4) is 39.8 Å². The summed E-state index contributed by atoms with van der Waals surface area (Å²) in [6, 6.07) is 9.86. The van der Waals surface area contributed by atoms with Crippen LogP contribution in [-0.4, -0.2) is 25.0 Å². The number of aryl methyl sites for hydroxylation is 1. The molecule has 1 aromatic carbocycles. The molecule has 0 fully saturated rings. The maximum Gasteiger partial charge on any atom is 0.165 e. The second-order valence-electron chi connectivity index (χ2n) is 5.52. The Kier molecular flexibility index (Phi) is 3.23. The average Bonchev–Trinajstić information content (AvgIpc) is 3.00. The van der Waals surface area contributed by atoms with Gasteiger partial charge in [-0.3, -0.25) is 4.98 Å². The molecule has 0 saturated carbocycles. The summed E-state index contributed by atoms with van der Waals surface area (Å²) in [5, 5.41) is 9.30. The normalized spacial score (nSPS) is 11.1. The number of hydrogen-bond acceptors (Lipinski definition) is 4. The van der Waals surface area contributed by atoms with Gasteiger partial charge in [-0.2, -0.15) is 0 Å². The fourth-order valence-corrected chi connectivity index (χ4v) is 2.57. The number of nitrogens with one attached hydrogen (secondary N) is 1. The Hall–Kier alpha value is -3.28. The largest absolute Gasteiger partial charge is 0.505 e. The van der Waals surface area contributed by atoms with Crippen LogP contribution in [-0.2, 0) is 0 Å². The minimum atomic E-state index is -0.672. The van der Waals surface area contributed by atoms with Gasteiger partial charge >= 0.3 is 0 Å². The smallest absolute Gasteiger partial charge is 0.165 e. The van der Waals surface area contributed by atoms with Gasteiger partial charge in [0.1, 0.15) is 11.5 Å². The second-order valence-corrected chi connectivity index (χ2v) is 5.52. The van der Waals surface area contributed by atoms with Crippen LogP contribution in [0.1, 0.15) is 5.69 Å². The quantitative estimate of drug-likeness (QED) is 0.589. The number of phenolic OH excluding ortho intramolecular Hbond substituents is 1. The van der Waals surface area contributed by atoms with Gasteiger partial charge < -0.3 is 10.1 Å². The lowest BCUT2D eigenvalue weighted by atomic mass is 10.1. The molecule has 0 spiro atoms. The van der Waals surface area contributed by atoms with Crippen LogP contribution in [0, 0.1) is 12.7 Å². The standard InChI is InChI=1S/C18H13FN4O/c1-10-6-12(4-5-20-10)18-21-9-16-15(23-18)8-14(22-16)11-2-3-17(24)13(19)7-11/h2-9,24H,1H3,(H,21,23). The summed E-state index contributed by atoms with van der Waals surface area (Å²) < 4.78 is 13.5. The van der Waals surface area contributed by atoms with E-state index in [9.17, 15) is 9.50 Å². The monoisotopic (exact) mass is 320 g/mol. The molecule has 0 atom stereocenters. The number of halogens is 1. The van der Waals surface area contributed by atoms with Crippen molar-refractivity contribution in [1.82, 2.24) is 19.9 Å². The van der Waals surface area contributed by atoms with E-state index in [4.69, 9.17) is 0 Å². The number of pyridine rings is 1. The molecule has 0 amide bonds. The molecule has 0 aliphatic carbocycles. The summed E-state index contributed by atoms with van der Waals surface area (Å²) in [6.45, 7) is 1.92. The molecule has 3 heterocycles. The number of aromatic nitrogens is 4. The summed E-state index contributed by atoms with van der Waals surface area (Å²) in [7, 11) is 0. The van der Waals surface area contributed by atoms with E-state index in [1.165, 1.54) is 12.1 Å². The SMILES string of the molecule is Cc1cc(-c2ncc3nc(-c4ccc(O)c(F)c4)cc-3[nH]2)ccn1. The van der Waals surface area contributed by atoms with Crippen molar-refractivity contribution in [2.45, 2.75) is 6.92 Å². The van der Waals surface area contributed by atoms with Crippen LogP contribution in [0.4, 0.5) is 4.39 Å². The molecular formula is C18H13FN4O. The number of hydrogen-bond donors (Lipinski definition) is 2. The lowest BCUT2D eigenvalue weighted by Gasteiger charge is -2.04. The van der Waals surface area contributed by atoms with Crippen molar-refractivity contribution in [3.63, 3.8) is 0 Å². The molecule has 2 aromatic rings. The van der Waals surface area contributed by atoms with Crippen LogP contribution in [0.2, 0.25) is 0 Å². The predicted molar refractivity (Wildman–Crippen MR) is 88.0 cm³/mol. The van der Waals surface area contributed by atoms with Gasteiger partial charge in [0.15, 0.2) is 11.6 Å². The van der Waals surface area contributed by atoms with Gasteiger partial charge in [-0.25, -0.2) is 14.4 Å². The third-order valence-corrected chi connectivity index (χ3v) is 3.78. The number of fused-ring (bicyclic) bond motifs is 1. The zero-order chi connectivity index (χ0) is 16.7. The minimum absolute atomic E-state index is 0.376. The van der Waals surface area contributed by atoms with Crippen molar-refractivity contribution in [2.75, 3.05) is 0 Å². The molecule has 24 heavy (non-hydrogen) atoms. The fraction of sp³-hybridized carbons (Fsp3) is 0.0556. The Bertz CT molecular complexity index is 1010. The number of phenols is 1. The van der Waals surface area contributed by atoms with Crippen LogP contribution < -0.4 is 0 Å². The van der Waals surface area contributed by atoms with E-state index in [2.05, 4.69) is 19.9 Å².